The molecule has 2 aromatic rings. The predicted molar refractivity (Wildman–Crippen MR) is 76.8 cm³/mol. The minimum Gasteiger partial charge on any atom is -0.346 e. The quantitative estimate of drug-likeness (QED) is 0.946. The van der Waals surface area contributed by atoms with Gasteiger partial charge in [-0.3, -0.25) is 14.8 Å². The van der Waals surface area contributed by atoms with Gasteiger partial charge >= 0.3 is 0 Å². The van der Waals surface area contributed by atoms with Gasteiger partial charge in [-0.25, -0.2) is 0 Å². The smallest absolute Gasteiger partial charge is 0.251 e. The van der Waals surface area contributed by atoms with Crippen molar-refractivity contribution in [2.24, 2.45) is 0 Å². The average Bonchev–Trinajstić information content (AvgIpc) is 2.41. The first kappa shape index (κ1) is 13.7. The molecule has 0 radical (unpaired) electrons. The Kier molecular flexibility index (Phi) is 4.27. The zero-order chi connectivity index (χ0) is 13.8. The predicted octanol–water partition coefficient (Wildman–Crippen LogP) is 2.79. The normalized spacial score (nSPS) is 10.3. The number of amides is 1. The molecule has 19 heavy (non-hydrogen) atoms. The van der Waals surface area contributed by atoms with Crippen LogP contribution in [-0.4, -0.2) is 15.9 Å². The summed E-state index contributed by atoms with van der Waals surface area (Å²) in [6.07, 6.45) is 3.36. The first-order valence-electron chi connectivity index (χ1n) is 5.89. The third kappa shape index (κ3) is 3.38. The Hall–Kier alpha value is -1.75. The molecule has 1 aromatic heterocycles. The first-order valence-corrected chi connectivity index (χ1v) is 6.68. The molecule has 0 saturated heterocycles. The van der Waals surface area contributed by atoms with Gasteiger partial charge in [0.25, 0.3) is 5.91 Å². The number of hydrogen-bond donors (Lipinski definition) is 1. The van der Waals surface area contributed by atoms with Gasteiger partial charge in [0.15, 0.2) is 0 Å². The molecular formula is C14H14BrN3O. The molecule has 0 aliphatic heterocycles. The van der Waals surface area contributed by atoms with Crippen LogP contribution in [0.5, 0.6) is 0 Å². The maximum Gasteiger partial charge on any atom is 0.251 e. The van der Waals surface area contributed by atoms with Crippen molar-refractivity contribution in [3.05, 3.63) is 57.6 Å². The van der Waals surface area contributed by atoms with Crippen LogP contribution in [0, 0.1) is 13.8 Å². The molecule has 1 aromatic carbocycles. The molecular weight excluding hydrogens is 306 g/mol. The molecule has 0 bridgehead atoms. The van der Waals surface area contributed by atoms with Gasteiger partial charge < -0.3 is 5.32 Å². The van der Waals surface area contributed by atoms with Crippen LogP contribution in [0.3, 0.4) is 0 Å². The maximum atomic E-state index is 12.1. The molecule has 0 atom stereocenters. The standard InChI is InChI=1S/C14H14BrN3O/c1-9-6-17-11(7-16-9)8-18-14(19)12-4-3-5-13(15)10(12)2/h3-7H,8H2,1-2H3,(H,18,19). The van der Waals surface area contributed by atoms with E-state index in [0.29, 0.717) is 12.1 Å². The van der Waals surface area contributed by atoms with Crippen molar-refractivity contribution in [1.82, 2.24) is 15.3 Å². The van der Waals surface area contributed by atoms with Gasteiger partial charge in [-0.1, -0.05) is 22.0 Å². The molecule has 2 rings (SSSR count). The molecule has 1 heterocycles. The van der Waals surface area contributed by atoms with E-state index in [1.165, 1.54) is 0 Å². The fourth-order valence-electron chi connectivity index (χ4n) is 1.63. The van der Waals surface area contributed by atoms with Gasteiger partial charge in [0, 0.05) is 16.2 Å². The lowest BCUT2D eigenvalue weighted by molar-refractivity contribution is 0.0949. The number of benzene rings is 1. The number of halogens is 1. The van der Waals surface area contributed by atoms with E-state index in [2.05, 4.69) is 31.2 Å². The molecule has 98 valence electrons. The van der Waals surface area contributed by atoms with Crippen LogP contribution >= 0.6 is 15.9 Å². The number of aromatic nitrogens is 2. The molecule has 1 N–H and O–H groups in total. The third-order valence-corrected chi connectivity index (χ3v) is 3.64. The lowest BCUT2D eigenvalue weighted by atomic mass is 10.1. The number of carbonyl (C=O) groups excluding carboxylic acids is 1. The van der Waals surface area contributed by atoms with Crippen molar-refractivity contribution in [3.8, 4) is 0 Å². The Morgan fingerprint density at radius 1 is 1.26 bits per heavy atom. The fraction of sp³-hybridized carbons (Fsp3) is 0.214. The van der Waals surface area contributed by atoms with Crippen molar-refractivity contribution >= 4 is 21.8 Å². The van der Waals surface area contributed by atoms with E-state index in [4.69, 9.17) is 0 Å². The van der Waals surface area contributed by atoms with Crippen LogP contribution in [-0.2, 0) is 6.54 Å². The molecule has 5 heteroatoms. The second-order valence-electron chi connectivity index (χ2n) is 4.24. The van der Waals surface area contributed by atoms with E-state index in [0.717, 1.165) is 21.4 Å². The summed E-state index contributed by atoms with van der Waals surface area (Å²) in [5, 5.41) is 2.84. The van der Waals surface area contributed by atoms with Gasteiger partial charge in [0.05, 0.1) is 24.1 Å². The molecule has 0 spiro atoms. The summed E-state index contributed by atoms with van der Waals surface area (Å²) in [7, 11) is 0. The highest BCUT2D eigenvalue weighted by Gasteiger charge is 2.10. The SMILES string of the molecule is Cc1cnc(CNC(=O)c2cccc(Br)c2C)cn1. The van der Waals surface area contributed by atoms with E-state index in [-0.39, 0.29) is 5.91 Å². The minimum absolute atomic E-state index is 0.110. The molecule has 1 amide bonds. The Labute approximate surface area is 120 Å². The average molecular weight is 320 g/mol. The Morgan fingerprint density at radius 3 is 2.74 bits per heavy atom. The van der Waals surface area contributed by atoms with Crippen LogP contribution in [0.15, 0.2) is 35.1 Å². The minimum atomic E-state index is -0.110. The Morgan fingerprint density at radius 2 is 2.05 bits per heavy atom. The van der Waals surface area contributed by atoms with Gasteiger partial charge in [-0.15, -0.1) is 0 Å². The van der Waals surface area contributed by atoms with Crippen molar-refractivity contribution in [3.63, 3.8) is 0 Å². The first-order chi connectivity index (χ1) is 9.08. The molecule has 0 aliphatic rings. The highest BCUT2D eigenvalue weighted by molar-refractivity contribution is 9.10. The second-order valence-corrected chi connectivity index (χ2v) is 5.10. The molecule has 0 aliphatic carbocycles. The van der Waals surface area contributed by atoms with E-state index < -0.39 is 0 Å². The fourth-order valence-corrected chi connectivity index (χ4v) is 2.00. The number of carbonyl (C=O) groups is 1. The van der Waals surface area contributed by atoms with Crippen LogP contribution in [0.25, 0.3) is 0 Å². The van der Waals surface area contributed by atoms with Crippen LogP contribution in [0.4, 0.5) is 0 Å². The van der Waals surface area contributed by atoms with Crippen molar-refractivity contribution in [1.29, 1.82) is 0 Å². The number of hydrogen-bond acceptors (Lipinski definition) is 3. The molecule has 4 nitrogen and oxygen atoms in total. The molecule has 0 fully saturated rings. The van der Waals surface area contributed by atoms with E-state index in [1.807, 2.05) is 26.0 Å². The van der Waals surface area contributed by atoms with Gasteiger partial charge in [0.2, 0.25) is 0 Å². The highest BCUT2D eigenvalue weighted by Crippen LogP contribution is 2.19. The monoisotopic (exact) mass is 319 g/mol. The largest absolute Gasteiger partial charge is 0.346 e. The second kappa shape index (κ2) is 5.93. The van der Waals surface area contributed by atoms with Crippen LogP contribution < -0.4 is 5.32 Å². The van der Waals surface area contributed by atoms with Gasteiger partial charge in [-0.2, -0.15) is 0 Å². The zero-order valence-electron chi connectivity index (χ0n) is 10.8. The van der Waals surface area contributed by atoms with E-state index in [1.54, 1.807) is 18.5 Å². The summed E-state index contributed by atoms with van der Waals surface area (Å²) in [6, 6.07) is 5.56. The third-order valence-electron chi connectivity index (χ3n) is 2.78. The Balaban J connectivity index is 2.05. The number of rotatable bonds is 3. The van der Waals surface area contributed by atoms with Gasteiger partial charge in [-0.05, 0) is 31.5 Å². The zero-order valence-corrected chi connectivity index (χ0v) is 12.4. The summed E-state index contributed by atoms with van der Waals surface area (Å²) in [5.74, 6) is -0.110. The maximum absolute atomic E-state index is 12.1. The van der Waals surface area contributed by atoms with Crippen molar-refractivity contribution in [2.75, 3.05) is 0 Å². The lowest BCUT2D eigenvalue weighted by Crippen LogP contribution is -2.24. The summed E-state index contributed by atoms with van der Waals surface area (Å²) >= 11 is 3.42. The van der Waals surface area contributed by atoms with Crippen LogP contribution in [0.2, 0.25) is 0 Å². The lowest BCUT2D eigenvalue weighted by Gasteiger charge is -2.08. The molecule has 0 unspecified atom stereocenters. The highest BCUT2D eigenvalue weighted by atomic mass is 79.9. The number of nitrogens with one attached hydrogen (secondary N) is 1. The Bertz CT molecular complexity index is 596. The van der Waals surface area contributed by atoms with E-state index in [9.17, 15) is 4.79 Å². The topological polar surface area (TPSA) is 54.9 Å². The van der Waals surface area contributed by atoms with Crippen molar-refractivity contribution in [2.45, 2.75) is 20.4 Å². The van der Waals surface area contributed by atoms with E-state index >= 15 is 0 Å². The summed E-state index contributed by atoms with van der Waals surface area (Å²) in [6.45, 7) is 4.16. The number of nitrogens with zero attached hydrogens (tertiary/aromatic N) is 2. The van der Waals surface area contributed by atoms with Crippen LogP contribution in [0.1, 0.15) is 27.3 Å². The number of aryl methyl sites for hydroxylation is 1. The molecule has 0 saturated carbocycles. The van der Waals surface area contributed by atoms with Gasteiger partial charge in [0.1, 0.15) is 0 Å². The summed E-state index contributed by atoms with van der Waals surface area (Å²) < 4.78 is 0.926. The van der Waals surface area contributed by atoms with Crippen molar-refractivity contribution < 1.29 is 4.79 Å². The summed E-state index contributed by atoms with van der Waals surface area (Å²) in [4.78, 5) is 20.4. The summed E-state index contributed by atoms with van der Waals surface area (Å²) in [5.41, 5.74) is 3.19.